The van der Waals surface area contributed by atoms with E-state index in [-0.39, 0.29) is 24.2 Å². The van der Waals surface area contributed by atoms with Crippen molar-refractivity contribution in [1.82, 2.24) is 10.6 Å². The van der Waals surface area contributed by atoms with Gasteiger partial charge in [-0.1, -0.05) is 11.6 Å². The lowest BCUT2D eigenvalue weighted by Crippen LogP contribution is -2.38. The second-order valence-electron chi connectivity index (χ2n) is 4.62. The molecule has 0 aromatic heterocycles. The highest BCUT2D eigenvalue weighted by atomic mass is 35.5. The molecule has 3 nitrogen and oxygen atoms in total. The highest BCUT2D eigenvalue weighted by Crippen LogP contribution is 2.19. The summed E-state index contributed by atoms with van der Waals surface area (Å²) in [5, 5.41) is 7.04. The van der Waals surface area contributed by atoms with Gasteiger partial charge in [-0.05, 0) is 50.2 Å². The minimum Gasteiger partial charge on any atom is -0.355 e. The van der Waals surface area contributed by atoms with Crippen LogP contribution in [0.25, 0.3) is 0 Å². The zero-order valence-corrected chi connectivity index (χ0v) is 13.6. The van der Waals surface area contributed by atoms with Crippen LogP contribution < -0.4 is 10.6 Å². The lowest BCUT2D eigenvalue weighted by Gasteiger charge is -2.21. The van der Waals surface area contributed by atoms with Crippen LogP contribution in [0.1, 0.15) is 12.8 Å². The summed E-state index contributed by atoms with van der Waals surface area (Å²) in [5.41, 5.74) is 0. The van der Waals surface area contributed by atoms with Crippen LogP contribution in [0.5, 0.6) is 0 Å². The summed E-state index contributed by atoms with van der Waals surface area (Å²) in [4.78, 5) is 13.1. The first-order chi connectivity index (χ1) is 9.25. The molecule has 6 heteroatoms. The fraction of sp³-hybridized carbons (Fsp3) is 0.500. The molecule has 1 saturated heterocycles. The Bertz CT molecular complexity index is 408. The van der Waals surface area contributed by atoms with Crippen LogP contribution >= 0.6 is 35.8 Å². The monoisotopic (exact) mass is 334 g/mol. The number of amides is 1. The van der Waals surface area contributed by atoms with E-state index in [1.165, 1.54) is 4.90 Å². The van der Waals surface area contributed by atoms with Gasteiger partial charge in [0.2, 0.25) is 5.91 Å². The zero-order valence-electron chi connectivity index (χ0n) is 11.2. The Labute approximate surface area is 135 Å². The lowest BCUT2D eigenvalue weighted by molar-refractivity contribution is -0.125. The van der Waals surface area contributed by atoms with Crippen molar-refractivity contribution in [2.24, 2.45) is 5.92 Å². The first-order valence-corrected chi connectivity index (χ1v) is 7.99. The highest BCUT2D eigenvalue weighted by molar-refractivity contribution is 7.99. The van der Waals surface area contributed by atoms with E-state index in [1.807, 2.05) is 24.3 Å². The van der Waals surface area contributed by atoms with Gasteiger partial charge in [0.05, 0.1) is 0 Å². The molecule has 0 atom stereocenters. The van der Waals surface area contributed by atoms with Crippen molar-refractivity contribution in [3.05, 3.63) is 29.3 Å². The Hall–Kier alpha value is -0.420. The summed E-state index contributed by atoms with van der Waals surface area (Å²) in [6.07, 6.45) is 1.91. The third-order valence-corrected chi connectivity index (χ3v) is 4.46. The quantitative estimate of drug-likeness (QED) is 0.642. The van der Waals surface area contributed by atoms with Gasteiger partial charge in [0.15, 0.2) is 0 Å². The third-order valence-electron chi connectivity index (χ3n) is 3.19. The first-order valence-electron chi connectivity index (χ1n) is 6.62. The van der Waals surface area contributed by atoms with Crippen LogP contribution in [0, 0.1) is 5.92 Å². The normalized spacial score (nSPS) is 15.4. The van der Waals surface area contributed by atoms with Gasteiger partial charge in [0.25, 0.3) is 0 Å². The molecule has 2 N–H and O–H groups in total. The Balaban J connectivity index is 0.00000200. The molecule has 0 bridgehead atoms. The summed E-state index contributed by atoms with van der Waals surface area (Å²) >= 11 is 7.56. The van der Waals surface area contributed by atoms with Gasteiger partial charge >= 0.3 is 0 Å². The van der Waals surface area contributed by atoms with E-state index in [0.717, 1.165) is 43.3 Å². The van der Waals surface area contributed by atoms with Gasteiger partial charge < -0.3 is 10.6 Å². The summed E-state index contributed by atoms with van der Waals surface area (Å²) in [6.45, 7) is 2.63. The van der Waals surface area contributed by atoms with Crippen LogP contribution in [0.15, 0.2) is 29.2 Å². The van der Waals surface area contributed by atoms with Gasteiger partial charge in [-0.3, -0.25) is 4.79 Å². The number of hydrogen-bond acceptors (Lipinski definition) is 3. The number of nitrogens with one attached hydrogen (secondary N) is 2. The second-order valence-corrected chi connectivity index (χ2v) is 6.22. The van der Waals surface area contributed by atoms with Crippen LogP contribution in [-0.2, 0) is 4.79 Å². The largest absolute Gasteiger partial charge is 0.355 e. The van der Waals surface area contributed by atoms with Crippen LogP contribution in [-0.4, -0.2) is 31.3 Å². The molecule has 112 valence electrons. The van der Waals surface area contributed by atoms with E-state index in [2.05, 4.69) is 10.6 Å². The standard InChI is InChI=1S/C14H19ClN2OS.ClH/c15-12-1-3-13(4-2-12)19-10-9-17-14(18)11-5-7-16-8-6-11;/h1-4,11,16H,5-10H2,(H,17,18);1H. The minimum atomic E-state index is 0. The van der Waals surface area contributed by atoms with E-state index >= 15 is 0 Å². The Kier molecular flexibility index (Phi) is 8.38. The molecule has 1 heterocycles. The molecular formula is C14H20Cl2N2OS. The molecule has 0 radical (unpaired) electrons. The Morgan fingerprint density at radius 1 is 1.30 bits per heavy atom. The van der Waals surface area contributed by atoms with Crippen LogP contribution in [0.2, 0.25) is 5.02 Å². The van der Waals surface area contributed by atoms with Gasteiger partial charge in [-0.15, -0.1) is 24.2 Å². The molecular weight excluding hydrogens is 315 g/mol. The van der Waals surface area contributed by atoms with Crippen molar-refractivity contribution < 1.29 is 4.79 Å². The lowest BCUT2D eigenvalue weighted by atomic mass is 9.97. The summed E-state index contributed by atoms with van der Waals surface area (Å²) in [7, 11) is 0. The van der Waals surface area contributed by atoms with Crippen molar-refractivity contribution in [3.8, 4) is 0 Å². The average Bonchev–Trinajstić information content (AvgIpc) is 2.46. The number of benzene rings is 1. The Morgan fingerprint density at radius 2 is 1.95 bits per heavy atom. The fourth-order valence-electron chi connectivity index (χ4n) is 2.10. The molecule has 1 fully saturated rings. The third kappa shape index (κ3) is 5.92. The van der Waals surface area contributed by atoms with E-state index in [1.54, 1.807) is 11.8 Å². The second kappa shape index (κ2) is 9.50. The van der Waals surface area contributed by atoms with Gasteiger partial charge in [-0.25, -0.2) is 0 Å². The topological polar surface area (TPSA) is 41.1 Å². The van der Waals surface area contributed by atoms with Gasteiger partial charge in [-0.2, -0.15) is 0 Å². The number of hydrogen-bond donors (Lipinski definition) is 2. The maximum atomic E-state index is 11.9. The van der Waals surface area contributed by atoms with Crippen LogP contribution in [0.3, 0.4) is 0 Å². The van der Waals surface area contributed by atoms with E-state index < -0.39 is 0 Å². The molecule has 1 aliphatic rings. The summed E-state index contributed by atoms with van der Waals surface area (Å²) < 4.78 is 0. The molecule has 20 heavy (non-hydrogen) atoms. The molecule has 1 aromatic rings. The summed E-state index contributed by atoms with van der Waals surface area (Å²) in [6, 6.07) is 7.78. The zero-order chi connectivity index (χ0) is 13.5. The van der Waals surface area contributed by atoms with Crippen molar-refractivity contribution in [2.75, 3.05) is 25.4 Å². The first kappa shape index (κ1) is 17.6. The van der Waals surface area contributed by atoms with Crippen molar-refractivity contribution >= 4 is 41.7 Å². The highest BCUT2D eigenvalue weighted by Gasteiger charge is 2.19. The predicted molar refractivity (Wildman–Crippen MR) is 88.0 cm³/mol. The maximum Gasteiger partial charge on any atom is 0.223 e. The van der Waals surface area contributed by atoms with E-state index in [9.17, 15) is 4.79 Å². The van der Waals surface area contributed by atoms with Gasteiger partial charge in [0, 0.05) is 28.1 Å². The van der Waals surface area contributed by atoms with Gasteiger partial charge in [0.1, 0.15) is 0 Å². The smallest absolute Gasteiger partial charge is 0.223 e. The molecule has 0 spiro atoms. The number of halogens is 2. The van der Waals surface area contributed by atoms with Crippen molar-refractivity contribution in [3.63, 3.8) is 0 Å². The number of rotatable bonds is 5. The van der Waals surface area contributed by atoms with Crippen molar-refractivity contribution in [1.29, 1.82) is 0 Å². The summed E-state index contributed by atoms with van der Waals surface area (Å²) in [5.74, 6) is 1.29. The van der Waals surface area contributed by atoms with E-state index in [4.69, 9.17) is 11.6 Å². The molecule has 0 unspecified atom stereocenters. The molecule has 1 amide bonds. The number of thioether (sulfide) groups is 1. The SMILES string of the molecule is Cl.O=C(NCCSc1ccc(Cl)cc1)C1CCNCC1. The maximum absolute atomic E-state index is 11.9. The predicted octanol–water partition coefficient (Wildman–Crippen LogP) is 2.97. The molecule has 1 aliphatic heterocycles. The number of carbonyl (C=O) groups is 1. The van der Waals surface area contributed by atoms with Crippen LogP contribution in [0.4, 0.5) is 0 Å². The number of piperidine rings is 1. The fourth-order valence-corrected chi connectivity index (χ4v) is 3.00. The van der Waals surface area contributed by atoms with Crippen molar-refractivity contribution in [2.45, 2.75) is 17.7 Å². The number of carbonyl (C=O) groups excluding carboxylic acids is 1. The molecule has 2 rings (SSSR count). The van der Waals surface area contributed by atoms with E-state index in [0.29, 0.717) is 0 Å². The Morgan fingerprint density at radius 3 is 2.60 bits per heavy atom. The molecule has 0 saturated carbocycles. The molecule has 1 aromatic carbocycles. The minimum absolute atomic E-state index is 0. The molecule has 0 aliphatic carbocycles. The average molecular weight is 335 g/mol.